The number of carbonyl (C=O) groups is 1. The van der Waals surface area contributed by atoms with Gasteiger partial charge >= 0.3 is 0 Å². The van der Waals surface area contributed by atoms with Crippen LogP contribution < -0.4 is 5.32 Å². The minimum atomic E-state index is -0.401. The van der Waals surface area contributed by atoms with Crippen LogP contribution in [-0.4, -0.2) is 33.0 Å². The maximum atomic E-state index is 11.9. The summed E-state index contributed by atoms with van der Waals surface area (Å²) in [5.74, 6) is -0.208. The Hall–Kier alpha value is -1.39. The van der Waals surface area contributed by atoms with Crippen LogP contribution >= 0.6 is 0 Å². The van der Waals surface area contributed by atoms with E-state index in [2.05, 4.69) is 5.32 Å². The summed E-state index contributed by atoms with van der Waals surface area (Å²) in [5.41, 5.74) is 0.997. The molecule has 1 aromatic carbocycles. The molecule has 0 bridgehead atoms. The maximum Gasteiger partial charge on any atom is 0.227 e. The van der Waals surface area contributed by atoms with Crippen LogP contribution in [0.3, 0.4) is 0 Å². The quantitative estimate of drug-likeness (QED) is 0.763. The largest absolute Gasteiger partial charge is 0.354 e. The van der Waals surface area contributed by atoms with E-state index >= 15 is 0 Å². The molecule has 0 saturated heterocycles. The van der Waals surface area contributed by atoms with Crippen LogP contribution in [0, 0.1) is 0 Å². The molecule has 0 aromatic heterocycles. The first kappa shape index (κ1) is 13.7. The minimum absolute atomic E-state index is 0.0321. The molecule has 0 radical (unpaired) electrons. The predicted molar refractivity (Wildman–Crippen MR) is 65.7 cm³/mol. The number of hydrogen-bond donors (Lipinski definition) is 1. The topological polar surface area (TPSA) is 47.6 Å². The van der Waals surface area contributed by atoms with Gasteiger partial charge in [0.2, 0.25) is 5.91 Å². The fourth-order valence-electron chi connectivity index (χ4n) is 1.49. The zero-order valence-corrected chi connectivity index (χ0v) is 10.5. The standard InChI is InChI=1S/C13H19NO3/c1-10(11-7-5-4-6-8-11)13(15)14-9-12(16-2)17-3/h4-8,10,12H,9H2,1-3H3,(H,14,15). The molecule has 0 spiro atoms. The van der Waals surface area contributed by atoms with Gasteiger partial charge in [-0.05, 0) is 12.5 Å². The summed E-state index contributed by atoms with van der Waals surface area (Å²) in [6.45, 7) is 2.22. The summed E-state index contributed by atoms with van der Waals surface area (Å²) in [4.78, 5) is 11.9. The molecule has 1 rings (SSSR count). The summed E-state index contributed by atoms with van der Waals surface area (Å²) in [7, 11) is 3.09. The molecular formula is C13H19NO3. The van der Waals surface area contributed by atoms with E-state index in [9.17, 15) is 4.79 Å². The number of hydrogen-bond acceptors (Lipinski definition) is 3. The molecule has 0 aliphatic heterocycles. The Balaban J connectivity index is 2.48. The number of rotatable bonds is 6. The smallest absolute Gasteiger partial charge is 0.227 e. The van der Waals surface area contributed by atoms with Crippen molar-refractivity contribution < 1.29 is 14.3 Å². The first-order valence-corrected chi connectivity index (χ1v) is 5.57. The lowest BCUT2D eigenvalue weighted by Crippen LogP contribution is -2.36. The van der Waals surface area contributed by atoms with Crippen LogP contribution in [0.4, 0.5) is 0 Å². The van der Waals surface area contributed by atoms with Crippen molar-refractivity contribution >= 4 is 5.91 Å². The molecule has 0 saturated carbocycles. The van der Waals surface area contributed by atoms with Crippen LogP contribution in [0.2, 0.25) is 0 Å². The number of methoxy groups -OCH3 is 2. The highest BCUT2D eigenvalue weighted by Crippen LogP contribution is 2.14. The number of nitrogens with one attached hydrogen (secondary N) is 1. The number of ether oxygens (including phenoxy) is 2. The predicted octanol–water partition coefficient (Wildman–Crippen LogP) is 1.53. The molecule has 1 amide bonds. The Bertz CT molecular complexity index is 336. The van der Waals surface area contributed by atoms with Gasteiger partial charge in [0.1, 0.15) is 0 Å². The average Bonchev–Trinajstić information content (AvgIpc) is 2.39. The molecule has 1 unspecified atom stereocenters. The molecule has 1 aromatic rings. The van der Waals surface area contributed by atoms with Crippen LogP contribution in [0.25, 0.3) is 0 Å². The molecule has 0 aliphatic rings. The summed E-state index contributed by atoms with van der Waals surface area (Å²) < 4.78 is 10.00. The lowest BCUT2D eigenvalue weighted by Gasteiger charge is -2.16. The third-order valence-electron chi connectivity index (χ3n) is 2.66. The highest BCUT2D eigenvalue weighted by atomic mass is 16.7. The molecular weight excluding hydrogens is 218 g/mol. The fourth-order valence-corrected chi connectivity index (χ4v) is 1.49. The van der Waals surface area contributed by atoms with Crippen molar-refractivity contribution in [2.75, 3.05) is 20.8 Å². The van der Waals surface area contributed by atoms with E-state index in [1.807, 2.05) is 37.3 Å². The monoisotopic (exact) mass is 237 g/mol. The maximum absolute atomic E-state index is 11.9. The number of benzene rings is 1. The molecule has 1 N–H and O–H groups in total. The minimum Gasteiger partial charge on any atom is -0.354 e. The van der Waals surface area contributed by atoms with E-state index in [4.69, 9.17) is 9.47 Å². The van der Waals surface area contributed by atoms with Crippen molar-refractivity contribution in [1.29, 1.82) is 0 Å². The van der Waals surface area contributed by atoms with E-state index in [0.717, 1.165) is 5.56 Å². The van der Waals surface area contributed by atoms with Crippen LogP contribution in [-0.2, 0) is 14.3 Å². The first-order valence-electron chi connectivity index (χ1n) is 5.57. The van der Waals surface area contributed by atoms with Gasteiger partial charge in [-0.15, -0.1) is 0 Å². The van der Waals surface area contributed by atoms with E-state index in [-0.39, 0.29) is 11.8 Å². The average molecular weight is 237 g/mol. The Morgan fingerprint density at radius 1 is 1.24 bits per heavy atom. The van der Waals surface area contributed by atoms with Crippen molar-refractivity contribution in [3.63, 3.8) is 0 Å². The van der Waals surface area contributed by atoms with Gasteiger partial charge < -0.3 is 14.8 Å². The van der Waals surface area contributed by atoms with Crippen molar-refractivity contribution in [3.8, 4) is 0 Å². The van der Waals surface area contributed by atoms with Gasteiger partial charge in [-0.25, -0.2) is 0 Å². The lowest BCUT2D eigenvalue weighted by atomic mass is 10.0. The fraction of sp³-hybridized carbons (Fsp3) is 0.462. The van der Waals surface area contributed by atoms with Gasteiger partial charge in [-0.2, -0.15) is 0 Å². The first-order chi connectivity index (χ1) is 8.19. The molecule has 4 nitrogen and oxygen atoms in total. The van der Waals surface area contributed by atoms with Gasteiger partial charge in [0, 0.05) is 14.2 Å². The molecule has 0 fully saturated rings. The van der Waals surface area contributed by atoms with Gasteiger partial charge in [-0.1, -0.05) is 30.3 Å². The summed E-state index contributed by atoms with van der Waals surface area (Å²) in [5, 5.41) is 2.79. The molecule has 0 aliphatic carbocycles. The SMILES string of the molecule is COC(CNC(=O)C(C)c1ccccc1)OC. The number of carbonyl (C=O) groups excluding carboxylic acids is 1. The molecule has 0 heterocycles. The van der Waals surface area contributed by atoms with Gasteiger partial charge in [0.25, 0.3) is 0 Å². The van der Waals surface area contributed by atoms with Gasteiger partial charge in [0.15, 0.2) is 6.29 Å². The molecule has 17 heavy (non-hydrogen) atoms. The van der Waals surface area contributed by atoms with E-state index in [1.54, 1.807) is 14.2 Å². The Kier molecular flexibility index (Phi) is 5.66. The second-order valence-electron chi connectivity index (χ2n) is 3.78. The summed E-state index contributed by atoms with van der Waals surface area (Å²) >= 11 is 0. The molecule has 4 heteroatoms. The van der Waals surface area contributed by atoms with Crippen LogP contribution in [0.1, 0.15) is 18.4 Å². The van der Waals surface area contributed by atoms with Crippen molar-refractivity contribution in [2.45, 2.75) is 19.1 Å². The Labute approximate surface area is 102 Å². The lowest BCUT2D eigenvalue weighted by molar-refractivity contribution is -0.128. The third kappa shape index (κ3) is 4.17. The van der Waals surface area contributed by atoms with Crippen LogP contribution in [0.5, 0.6) is 0 Å². The van der Waals surface area contributed by atoms with Crippen molar-refractivity contribution in [1.82, 2.24) is 5.32 Å². The Morgan fingerprint density at radius 3 is 2.35 bits per heavy atom. The summed E-state index contributed by atoms with van der Waals surface area (Å²) in [6, 6.07) is 9.65. The van der Waals surface area contributed by atoms with Crippen molar-refractivity contribution in [3.05, 3.63) is 35.9 Å². The second kappa shape index (κ2) is 7.04. The van der Waals surface area contributed by atoms with Gasteiger partial charge in [-0.3, -0.25) is 4.79 Å². The number of amides is 1. The van der Waals surface area contributed by atoms with E-state index < -0.39 is 6.29 Å². The van der Waals surface area contributed by atoms with E-state index in [0.29, 0.717) is 6.54 Å². The Morgan fingerprint density at radius 2 is 1.82 bits per heavy atom. The molecule has 94 valence electrons. The molecule has 1 atom stereocenters. The highest BCUT2D eigenvalue weighted by molar-refractivity contribution is 5.83. The second-order valence-corrected chi connectivity index (χ2v) is 3.78. The van der Waals surface area contributed by atoms with Gasteiger partial charge in [0.05, 0.1) is 12.5 Å². The highest BCUT2D eigenvalue weighted by Gasteiger charge is 2.16. The normalized spacial score (nSPS) is 12.5. The van der Waals surface area contributed by atoms with Crippen LogP contribution in [0.15, 0.2) is 30.3 Å². The summed E-state index contributed by atoms with van der Waals surface area (Å²) in [6.07, 6.45) is -0.401. The third-order valence-corrected chi connectivity index (χ3v) is 2.66. The van der Waals surface area contributed by atoms with Crippen molar-refractivity contribution in [2.24, 2.45) is 0 Å². The zero-order valence-electron chi connectivity index (χ0n) is 10.5. The zero-order chi connectivity index (χ0) is 12.7. The van der Waals surface area contributed by atoms with E-state index in [1.165, 1.54) is 0 Å².